The monoisotopic (exact) mass is 1150 g/mol. The van der Waals surface area contributed by atoms with E-state index in [4.69, 9.17) is 21.9 Å². The summed E-state index contributed by atoms with van der Waals surface area (Å²) in [6.07, 6.45) is 11.9. The zero-order chi connectivity index (χ0) is 61.7. The Bertz CT molecular complexity index is 2890. The fourth-order valence-corrected chi connectivity index (χ4v) is 12.0. The van der Waals surface area contributed by atoms with Crippen LogP contribution in [0.2, 0.25) is 0 Å². The smallest absolute Gasteiger partial charge is 0.408 e. The average molecular weight is 1150 g/mol. The van der Waals surface area contributed by atoms with Gasteiger partial charge in [-0.2, -0.15) is 0 Å². The number of ether oxygens (including phenoxy) is 1. The molecular weight excluding hydrogens is 1050 g/mol. The van der Waals surface area contributed by atoms with Gasteiger partial charge in [0.2, 0.25) is 0 Å². The molecule has 7 atom stereocenters. The van der Waals surface area contributed by atoms with Crippen molar-refractivity contribution in [3.05, 3.63) is 177 Å². The van der Waals surface area contributed by atoms with E-state index in [0.29, 0.717) is 44.9 Å². The maximum atomic E-state index is 12.6. The molecule has 13 heteroatoms. The molecule has 452 valence electrons. The molecule has 1 amide bonds. The van der Waals surface area contributed by atoms with Gasteiger partial charge in [-0.1, -0.05) is 162 Å². The van der Waals surface area contributed by atoms with Gasteiger partial charge in [0.05, 0.1) is 5.41 Å². The van der Waals surface area contributed by atoms with Gasteiger partial charge >= 0.3 is 6.09 Å². The van der Waals surface area contributed by atoms with Gasteiger partial charge in [0.15, 0.2) is 28.9 Å². The van der Waals surface area contributed by atoms with Gasteiger partial charge in [-0.15, -0.1) is 0 Å². The molecule has 0 radical (unpaired) electrons. The molecule has 5 fully saturated rings. The number of alkyl carbamates (subject to hydrolysis) is 1. The molecule has 9 N–H and O–H groups in total. The number of benzene rings is 5. The number of Topliss-reactive ketones (excluding diaryl/α,β-unsaturated/α-hetero) is 5. The Morgan fingerprint density at radius 3 is 1.14 bits per heavy atom. The number of aryl methyl sites for hydroxylation is 5. The molecular formula is C71H94N4O9. The Morgan fingerprint density at radius 1 is 0.440 bits per heavy atom. The number of hydrogen-bond acceptors (Lipinski definition) is 12. The first-order chi connectivity index (χ1) is 39.6. The van der Waals surface area contributed by atoms with Gasteiger partial charge in [0, 0.05) is 19.3 Å². The van der Waals surface area contributed by atoms with Gasteiger partial charge in [-0.05, 0) is 174 Å². The van der Waals surface area contributed by atoms with Crippen LogP contribution in [0.1, 0.15) is 199 Å². The van der Waals surface area contributed by atoms with Gasteiger partial charge in [-0.3, -0.25) is 24.0 Å². The van der Waals surface area contributed by atoms with Crippen molar-refractivity contribution in [2.24, 2.45) is 17.2 Å². The van der Waals surface area contributed by atoms with Crippen LogP contribution in [0.3, 0.4) is 0 Å². The van der Waals surface area contributed by atoms with E-state index in [1.54, 1.807) is 0 Å². The standard InChI is InChI=1S/C18H25NO3.C14H18O2.C13H17NO2.2C13H17NO/c1-13-8-10-14(11-9-13)18(12-6-5-7-15(18)20)19-16(21)22-17(2,3)4;1-10-5-7-11(8-6-10)14(2)9-3-4-12(15)13(14)16;1-9-4-6-10(7-5-9)13(14)8-2-3-11(15)12(13)16;2*1-10-5-7-11(8-6-10)13(14)9-3-2-4-12(13)15/h8-11H,5-7,12H2,1-4H3,(H,19,21);5-8,12,15H,3-4,9H2,1-2H3;4-7,11,15H,2-3,8,14H2,1H3;2*5-8H,2-4,9,14H2,1H3/t18-;12-,14+;11-,13-;13-;/m0000./s1. The second-order valence-electron chi connectivity index (χ2n) is 25.5. The number of amides is 1. The molecule has 5 aliphatic rings. The van der Waals surface area contributed by atoms with E-state index in [9.17, 15) is 39.0 Å². The predicted molar refractivity (Wildman–Crippen MR) is 332 cm³/mol. The number of aliphatic hydroxyl groups excluding tert-OH is 2. The minimum absolute atomic E-state index is 0.0254. The number of ketones is 5. The van der Waals surface area contributed by atoms with Crippen LogP contribution in [0.5, 0.6) is 0 Å². The highest BCUT2D eigenvalue weighted by molar-refractivity contribution is 5.95. The zero-order valence-corrected chi connectivity index (χ0v) is 51.4. The summed E-state index contributed by atoms with van der Waals surface area (Å²) in [6.45, 7) is 17.5. The van der Waals surface area contributed by atoms with E-state index in [1.807, 2.05) is 184 Å². The number of nitrogens with one attached hydrogen (secondary N) is 1. The molecule has 5 saturated carbocycles. The lowest BCUT2D eigenvalue weighted by atomic mass is 9.69. The molecule has 0 aliphatic heterocycles. The fraction of sp³-hybridized carbons (Fsp3) is 0.493. The topological polar surface area (TPSA) is 242 Å². The third kappa shape index (κ3) is 16.5. The van der Waals surface area contributed by atoms with Crippen LogP contribution in [0, 0.1) is 34.6 Å². The molecule has 0 heterocycles. The Morgan fingerprint density at radius 2 is 0.762 bits per heavy atom. The van der Waals surface area contributed by atoms with E-state index in [2.05, 4.69) is 5.32 Å². The Kier molecular flexibility index (Phi) is 22.7. The number of carbonyl (C=O) groups excluding carboxylic acids is 6. The van der Waals surface area contributed by atoms with Crippen LogP contribution >= 0.6 is 0 Å². The van der Waals surface area contributed by atoms with Crippen molar-refractivity contribution >= 4 is 35.0 Å². The molecule has 10 rings (SSSR count). The van der Waals surface area contributed by atoms with E-state index in [0.717, 1.165) is 110 Å². The third-order valence-corrected chi connectivity index (χ3v) is 17.6. The second kappa shape index (κ2) is 28.6. The van der Waals surface area contributed by atoms with Crippen LogP contribution in [0.25, 0.3) is 0 Å². The van der Waals surface area contributed by atoms with Crippen molar-refractivity contribution in [3.8, 4) is 0 Å². The van der Waals surface area contributed by atoms with Crippen molar-refractivity contribution in [1.82, 2.24) is 5.32 Å². The van der Waals surface area contributed by atoms with Crippen molar-refractivity contribution in [3.63, 3.8) is 0 Å². The first kappa shape index (κ1) is 66.7. The quantitative estimate of drug-likeness (QED) is 0.0930. The lowest BCUT2D eigenvalue weighted by molar-refractivity contribution is -0.136. The minimum Gasteiger partial charge on any atom is -0.444 e. The van der Waals surface area contributed by atoms with Crippen molar-refractivity contribution in [2.45, 2.75) is 223 Å². The molecule has 0 aromatic heterocycles. The summed E-state index contributed by atoms with van der Waals surface area (Å²) in [4.78, 5) is 72.7. The predicted octanol–water partition coefficient (Wildman–Crippen LogP) is 12.1. The lowest BCUT2D eigenvalue weighted by Crippen LogP contribution is -2.54. The molecule has 0 saturated heterocycles. The van der Waals surface area contributed by atoms with Crippen LogP contribution in [-0.4, -0.2) is 63.0 Å². The minimum atomic E-state index is -0.995. The van der Waals surface area contributed by atoms with E-state index in [-0.39, 0.29) is 28.9 Å². The van der Waals surface area contributed by atoms with Crippen LogP contribution in [0.4, 0.5) is 4.79 Å². The van der Waals surface area contributed by atoms with Gasteiger partial charge in [-0.25, -0.2) is 4.79 Å². The SMILES string of the molecule is Cc1ccc(C2(N)CCCCC2=O)cc1.Cc1ccc([C@@]2(C)CCC[C@H](O)C2=O)cc1.Cc1ccc([C@@]2(N)CCCCC2=O)cc1.Cc1ccc([C@@]2(N)CCC[C@H](O)C2=O)cc1.Cc1ccc([C@@]2(NC(=O)OC(C)(C)C)CCCCC2=O)cc1. The Labute approximate surface area is 499 Å². The summed E-state index contributed by atoms with van der Waals surface area (Å²) in [5.41, 5.74) is 24.6. The zero-order valence-electron chi connectivity index (χ0n) is 51.4. The largest absolute Gasteiger partial charge is 0.444 e. The first-order valence-electron chi connectivity index (χ1n) is 30.3. The maximum absolute atomic E-state index is 12.6. The maximum Gasteiger partial charge on any atom is 0.408 e. The Hall–Kier alpha value is -6.48. The summed E-state index contributed by atoms with van der Waals surface area (Å²) in [7, 11) is 0. The van der Waals surface area contributed by atoms with Gasteiger partial charge < -0.3 is 37.5 Å². The number of carbonyl (C=O) groups is 6. The number of hydrogen-bond donors (Lipinski definition) is 6. The van der Waals surface area contributed by atoms with E-state index < -0.39 is 51.5 Å². The van der Waals surface area contributed by atoms with Crippen molar-refractivity contribution in [1.29, 1.82) is 0 Å². The average Bonchev–Trinajstić information content (AvgIpc) is 3.17. The number of aliphatic hydroxyl groups is 2. The molecule has 1 unspecified atom stereocenters. The summed E-state index contributed by atoms with van der Waals surface area (Å²) in [5, 5.41) is 22.1. The fourth-order valence-electron chi connectivity index (χ4n) is 12.0. The number of rotatable bonds is 6. The van der Waals surface area contributed by atoms with Crippen LogP contribution < -0.4 is 22.5 Å². The van der Waals surface area contributed by atoms with Crippen molar-refractivity contribution < 1.29 is 43.7 Å². The number of nitrogens with two attached hydrogens (primary N) is 3. The molecule has 5 aliphatic carbocycles. The van der Waals surface area contributed by atoms with E-state index in [1.165, 1.54) is 16.7 Å². The van der Waals surface area contributed by atoms with Crippen LogP contribution in [-0.2, 0) is 56.3 Å². The highest BCUT2D eigenvalue weighted by Gasteiger charge is 2.45. The normalized spacial score (nSPS) is 27.0. The van der Waals surface area contributed by atoms with E-state index >= 15 is 0 Å². The second-order valence-corrected chi connectivity index (χ2v) is 25.5. The van der Waals surface area contributed by atoms with Crippen LogP contribution in [0.15, 0.2) is 121 Å². The van der Waals surface area contributed by atoms with Gasteiger partial charge in [0.25, 0.3) is 0 Å². The molecule has 5 aromatic rings. The highest BCUT2D eigenvalue weighted by Crippen LogP contribution is 2.39. The molecule has 0 spiro atoms. The lowest BCUT2D eigenvalue weighted by Gasteiger charge is -2.37. The summed E-state index contributed by atoms with van der Waals surface area (Å²) in [5.74, 6) is 0.175. The highest BCUT2D eigenvalue weighted by atomic mass is 16.6. The molecule has 13 nitrogen and oxygen atoms in total. The van der Waals surface area contributed by atoms with Gasteiger partial charge in [0.1, 0.15) is 40.0 Å². The Balaban J connectivity index is 0.000000170. The summed E-state index contributed by atoms with van der Waals surface area (Å²) >= 11 is 0. The molecule has 5 aromatic carbocycles. The first-order valence-corrected chi connectivity index (χ1v) is 30.3. The summed E-state index contributed by atoms with van der Waals surface area (Å²) in [6, 6.07) is 39.5. The molecule has 84 heavy (non-hydrogen) atoms. The third-order valence-electron chi connectivity index (χ3n) is 17.6. The molecule has 0 bridgehead atoms. The summed E-state index contributed by atoms with van der Waals surface area (Å²) < 4.78 is 5.36. The van der Waals surface area contributed by atoms with Crippen molar-refractivity contribution in [2.75, 3.05) is 0 Å².